The Labute approximate surface area is 109 Å². The molecule has 2 aromatic rings. The molecule has 1 N–H and O–H groups in total. The van der Waals surface area contributed by atoms with Crippen LogP contribution in [0.3, 0.4) is 0 Å². The van der Waals surface area contributed by atoms with Gasteiger partial charge in [0.1, 0.15) is 18.7 Å². The quantitative estimate of drug-likeness (QED) is 0.887. The van der Waals surface area contributed by atoms with E-state index in [1.807, 2.05) is 0 Å². The van der Waals surface area contributed by atoms with Crippen molar-refractivity contribution in [2.24, 2.45) is 0 Å². The van der Waals surface area contributed by atoms with Gasteiger partial charge in [0.2, 0.25) is 5.69 Å². The highest BCUT2D eigenvalue weighted by atomic mass is 19.4. The predicted molar refractivity (Wildman–Crippen MR) is 56.8 cm³/mol. The van der Waals surface area contributed by atoms with Gasteiger partial charge in [-0.3, -0.25) is 0 Å². The van der Waals surface area contributed by atoms with E-state index in [0.717, 1.165) is 0 Å². The SMILES string of the molecule is CCn1ncnc1Cn1nnc(C(=O)O)c1C(F)(F)F. The van der Waals surface area contributed by atoms with E-state index in [0.29, 0.717) is 11.2 Å². The number of halogens is 3. The van der Waals surface area contributed by atoms with E-state index in [9.17, 15) is 18.0 Å². The van der Waals surface area contributed by atoms with Crippen LogP contribution in [0.1, 0.15) is 28.9 Å². The van der Waals surface area contributed by atoms with Crippen molar-refractivity contribution in [3.05, 3.63) is 23.5 Å². The van der Waals surface area contributed by atoms with Gasteiger partial charge in [-0.2, -0.15) is 18.3 Å². The second kappa shape index (κ2) is 4.90. The predicted octanol–water partition coefficient (Wildman–Crippen LogP) is 0.655. The summed E-state index contributed by atoms with van der Waals surface area (Å²) in [6, 6.07) is 0. The van der Waals surface area contributed by atoms with Crippen LogP contribution in [0, 0.1) is 0 Å². The number of aromatic nitrogens is 6. The third-order valence-electron chi connectivity index (χ3n) is 2.49. The van der Waals surface area contributed by atoms with Gasteiger partial charge in [0.15, 0.2) is 5.69 Å². The molecule has 0 fully saturated rings. The van der Waals surface area contributed by atoms with Gasteiger partial charge in [-0.25, -0.2) is 19.1 Å². The molecule has 0 aliphatic carbocycles. The van der Waals surface area contributed by atoms with E-state index >= 15 is 0 Å². The summed E-state index contributed by atoms with van der Waals surface area (Å²) in [5.74, 6) is -1.57. The molecule has 0 aliphatic heterocycles. The third-order valence-corrected chi connectivity index (χ3v) is 2.49. The van der Waals surface area contributed by atoms with Gasteiger partial charge in [0.25, 0.3) is 0 Å². The van der Waals surface area contributed by atoms with Crippen molar-refractivity contribution >= 4 is 5.97 Å². The maximum Gasteiger partial charge on any atom is 0.435 e. The van der Waals surface area contributed by atoms with E-state index in [4.69, 9.17) is 5.11 Å². The lowest BCUT2D eigenvalue weighted by molar-refractivity contribution is -0.144. The van der Waals surface area contributed by atoms with Crippen LogP contribution < -0.4 is 0 Å². The Kier molecular flexibility index (Phi) is 3.42. The Hall–Kier alpha value is -2.46. The molecule has 0 aromatic carbocycles. The molecule has 108 valence electrons. The number of nitrogens with zero attached hydrogens (tertiary/aromatic N) is 6. The van der Waals surface area contributed by atoms with Crippen LogP contribution in [0.25, 0.3) is 0 Å². The number of carbonyl (C=O) groups is 1. The Balaban J connectivity index is 2.45. The normalized spacial score (nSPS) is 11.8. The molecule has 0 radical (unpaired) electrons. The lowest BCUT2D eigenvalue weighted by Gasteiger charge is -2.10. The summed E-state index contributed by atoms with van der Waals surface area (Å²) in [5, 5.41) is 18.8. The molecule has 2 heterocycles. The second-order valence-electron chi connectivity index (χ2n) is 3.74. The molecule has 0 bridgehead atoms. The number of hydrogen-bond donors (Lipinski definition) is 1. The van der Waals surface area contributed by atoms with E-state index in [1.54, 1.807) is 6.92 Å². The molecule has 8 nitrogen and oxygen atoms in total. The average molecular weight is 290 g/mol. The summed E-state index contributed by atoms with van der Waals surface area (Å²) in [7, 11) is 0. The van der Waals surface area contributed by atoms with E-state index in [-0.39, 0.29) is 12.4 Å². The summed E-state index contributed by atoms with van der Waals surface area (Å²) in [5.41, 5.74) is -2.56. The summed E-state index contributed by atoms with van der Waals surface area (Å²) >= 11 is 0. The highest BCUT2D eigenvalue weighted by Gasteiger charge is 2.41. The van der Waals surface area contributed by atoms with E-state index < -0.39 is 23.5 Å². The number of hydrogen-bond acceptors (Lipinski definition) is 5. The topological polar surface area (TPSA) is 98.7 Å². The molecule has 0 spiro atoms. The van der Waals surface area contributed by atoms with Crippen molar-refractivity contribution in [3.8, 4) is 0 Å². The van der Waals surface area contributed by atoms with Crippen molar-refractivity contribution in [2.75, 3.05) is 0 Å². The van der Waals surface area contributed by atoms with Crippen molar-refractivity contribution in [1.82, 2.24) is 29.8 Å². The van der Waals surface area contributed by atoms with Gasteiger partial charge in [0, 0.05) is 6.54 Å². The lowest BCUT2D eigenvalue weighted by atomic mass is 10.3. The molecule has 2 rings (SSSR count). The highest BCUT2D eigenvalue weighted by Crippen LogP contribution is 2.31. The number of aryl methyl sites for hydroxylation is 1. The molecular formula is C9H9F3N6O2. The Morgan fingerprint density at radius 3 is 2.65 bits per heavy atom. The molecule has 2 aromatic heterocycles. The molecule has 11 heteroatoms. The van der Waals surface area contributed by atoms with Crippen LogP contribution in [-0.4, -0.2) is 40.8 Å². The fourth-order valence-electron chi connectivity index (χ4n) is 1.66. The summed E-state index contributed by atoms with van der Waals surface area (Å²) in [6.45, 7) is 1.78. The zero-order valence-electron chi connectivity index (χ0n) is 10.2. The van der Waals surface area contributed by atoms with E-state index in [1.165, 1.54) is 11.0 Å². The molecule has 0 unspecified atom stereocenters. The van der Waals surface area contributed by atoms with Crippen LogP contribution in [0.4, 0.5) is 13.2 Å². The van der Waals surface area contributed by atoms with Gasteiger partial charge in [-0.05, 0) is 6.92 Å². The van der Waals surface area contributed by atoms with Gasteiger partial charge < -0.3 is 5.11 Å². The average Bonchev–Trinajstić information content (AvgIpc) is 2.94. The Morgan fingerprint density at radius 1 is 1.40 bits per heavy atom. The van der Waals surface area contributed by atoms with Gasteiger partial charge in [0.05, 0.1) is 0 Å². The lowest BCUT2D eigenvalue weighted by Crippen LogP contribution is -2.20. The minimum absolute atomic E-state index is 0.222. The van der Waals surface area contributed by atoms with Gasteiger partial charge in [-0.1, -0.05) is 5.21 Å². The van der Waals surface area contributed by atoms with Crippen molar-refractivity contribution in [2.45, 2.75) is 26.2 Å². The molecule has 0 saturated carbocycles. The smallest absolute Gasteiger partial charge is 0.435 e. The number of alkyl halides is 3. The fourth-order valence-corrected chi connectivity index (χ4v) is 1.66. The van der Waals surface area contributed by atoms with Crippen molar-refractivity contribution in [1.29, 1.82) is 0 Å². The number of aromatic carboxylic acids is 1. The maximum absolute atomic E-state index is 12.9. The standard InChI is InChI=1S/C9H9F3N6O2/c1-2-17-5(13-4-14-17)3-18-7(9(10,11)12)6(8(19)20)15-16-18/h4H,2-3H2,1H3,(H,19,20). The number of carboxylic acids is 1. The fraction of sp³-hybridized carbons (Fsp3) is 0.444. The van der Waals surface area contributed by atoms with Crippen LogP contribution in [0.5, 0.6) is 0 Å². The van der Waals surface area contributed by atoms with Crippen LogP contribution >= 0.6 is 0 Å². The van der Waals surface area contributed by atoms with E-state index in [2.05, 4.69) is 20.4 Å². The minimum Gasteiger partial charge on any atom is -0.476 e. The summed E-state index contributed by atoms with van der Waals surface area (Å²) in [4.78, 5) is 14.6. The van der Waals surface area contributed by atoms with Gasteiger partial charge >= 0.3 is 12.1 Å². The summed E-state index contributed by atoms with van der Waals surface area (Å²) in [6.07, 6.45) is -3.69. The first-order valence-electron chi connectivity index (χ1n) is 5.45. The molecular weight excluding hydrogens is 281 g/mol. The Bertz CT molecular complexity index is 632. The van der Waals surface area contributed by atoms with Crippen LogP contribution in [-0.2, 0) is 19.3 Å². The van der Waals surface area contributed by atoms with Crippen LogP contribution in [0.15, 0.2) is 6.33 Å². The first-order valence-corrected chi connectivity index (χ1v) is 5.45. The molecule has 0 aliphatic rings. The zero-order valence-corrected chi connectivity index (χ0v) is 10.2. The second-order valence-corrected chi connectivity index (χ2v) is 3.74. The molecule has 0 saturated heterocycles. The Morgan fingerprint density at radius 2 is 2.10 bits per heavy atom. The van der Waals surface area contributed by atoms with Crippen molar-refractivity contribution < 1.29 is 23.1 Å². The van der Waals surface area contributed by atoms with Gasteiger partial charge in [-0.15, -0.1) is 5.10 Å². The van der Waals surface area contributed by atoms with Crippen molar-refractivity contribution in [3.63, 3.8) is 0 Å². The first-order chi connectivity index (χ1) is 9.34. The summed E-state index contributed by atoms with van der Waals surface area (Å²) < 4.78 is 40.6. The maximum atomic E-state index is 12.9. The minimum atomic E-state index is -4.88. The zero-order chi connectivity index (χ0) is 14.9. The number of rotatable bonds is 4. The number of carboxylic acid groups (broad SMARTS) is 1. The monoisotopic (exact) mass is 290 g/mol. The molecule has 0 atom stereocenters. The molecule has 0 amide bonds. The first kappa shape index (κ1) is 14.0. The molecule has 20 heavy (non-hydrogen) atoms. The largest absolute Gasteiger partial charge is 0.476 e. The highest BCUT2D eigenvalue weighted by molar-refractivity contribution is 5.86. The van der Waals surface area contributed by atoms with Crippen LogP contribution in [0.2, 0.25) is 0 Å². The third kappa shape index (κ3) is 2.46.